The van der Waals surface area contributed by atoms with Crippen LogP contribution < -0.4 is 14.8 Å². The van der Waals surface area contributed by atoms with E-state index in [0.29, 0.717) is 23.9 Å². The molecule has 132 valence electrons. The number of methoxy groups -OCH3 is 2. The first-order valence-electron chi connectivity index (χ1n) is 8.28. The Kier molecular flexibility index (Phi) is 5.50. The third kappa shape index (κ3) is 4.28. The number of aromatic nitrogens is 1. The molecule has 1 saturated heterocycles. The predicted octanol–water partition coefficient (Wildman–Crippen LogP) is 3.13. The van der Waals surface area contributed by atoms with Gasteiger partial charge in [-0.1, -0.05) is 6.07 Å². The first kappa shape index (κ1) is 17.2. The topological polar surface area (TPSA) is 69.7 Å². The van der Waals surface area contributed by atoms with Crippen LogP contribution in [-0.4, -0.2) is 38.3 Å². The lowest BCUT2D eigenvalue weighted by Crippen LogP contribution is -2.30. The first-order chi connectivity index (χ1) is 12.2. The number of nitrogens with one attached hydrogen (secondary N) is 1. The lowest BCUT2D eigenvalue weighted by atomic mass is 10.0. The molecule has 0 aliphatic carbocycles. The standard InChI is InChI=1S/C19H22N2O4/c1-23-15-9-14(10-16(11-15)24-2)17-6-3-7-18(20-17)21-19(22)13-5-4-8-25-12-13/h3,6-7,9-11,13H,4-5,8,12H2,1-2H3,(H,20,21,22). The number of nitrogens with zero attached hydrogens (tertiary/aromatic N) is 1. The van der Waals surface area contributed by atoms with Crippen LogP contribution >= 0.6 is 0 Å². The van der Waals surface area contributed by atoms with E-state index >= 15 is 0 Å². The molecule has 0 spiro atoms. The molecule has 6 nitrogen and oxygen atoms in total. The highest BCUT2D eigenvalue weighted by Crippen LogP contribution is 2.29. The van der Waals surface area contributed by atoms with Gasteiger partial charge in [0, 0.05) is 18.2 Å². The Morgan fingerprint density at radius 2 is 1.96 bits per heavy atom. The molecule has 2 heterocycles. The number of hydrogen-bond donors (Lipinski definition) is 1. The maximum absolute atomic E-state index is 12.3. The van der Waals surface area contributed by atoms with Gasteiger partial charge in [0.15, 0.2) is 0 Å². The van der Waals surface area contributed by atoms with Gasteiger partial charge in [-0.3, -0.25) is 4.79 Å². The molecule has 0 saturated carbocycles. The van der Waals surface area contributed by atoms with E-state index < -0.39 is 0 Å². The summed E-state index contributed by atoms with van der Waals surface area (Å²) in [5.41, 5.74) is 1.59. The molecule has 1 fully saturated rings. The van der Waals surface area contributed by atoms with Gasteiger partial charge >= 0.3 is 0 Å². The molecular weight excluding hydrogens is 320 g/mol. The molecule has 2 aromatic rings. The van der Waals surface area contributed by atoms with Gasteiger partial charge in [0.1, 0.15) is 17.3 Å². The van der Waals surface area contributed by atoms with E-state index in [0.717, 1.165) is 30.7 Å². The molecule has 1 aliphatic rings. The average Bonchev–Trinajstić information content (AvgIpc) is 2.68. The number of rotatable bonds is 5. The molecule has 0 radical (unpaired) electrons. The average molecular weight is 342 g/mol. The van der Waals surface area contributed by atoms with E-state index in [1.54, 1.807) is 26.4 Å². The van der Waals surface area contributed by atoms with Crippen molar-refractivity contribution in [3.63, 3.8) is 0 Å². The van der Waals surface area contributed by atoms with E-state index in [2.05, 4.69) is 10.3 Å². The van der Waals surface area contributed by atoms with Crippen molar-refractivity contribution >= 4 is 11.7 Å². The monoisotopic (exact) mass is 342 g/mol. The number of hydrogen-bond acceptors (Lipinski definition) is 5. The van der Waals surface area contributed by atoms with Gasteiger partial charge in [-0.05, 0) is 37.1 Å². The fourth-order valence-electron chi connectivity index (χ4n) is 2.80. The van der Waals surface area contributed by atoms with Gasteiger partial charge in [-0.25, -0.2) is 4.98 Å². The zero-order valence-electron chi connectivity index (χ0n) is 14.5. The Balaban J connectivity index is 1.80. The number of ether oxygens (including phenoxy) is 3. The zero-order chi connectivity index (χ0) is 17.6. The number of benzene rings is 1. The van der Waals surface area contributed by atoms with E-state index in [-0.39, 0.29) is 11.8 Å². The van der Waals surface area contributed by atoms with Gasteiger partial charge in [-0.15, -0.1) is 0 Å². The van der Waals surface area contributed by atoms with E-state index in [1.165, 1.54) is 0 Å². The maximum atomic E-state index is 12.3. The largest absolute Gasteiger partial charge is 0.497 e. The summed E-state index contributed by atoms with van der Waals surface area (Å²) in [7, 11) is 3.21. The fraction of sp³-hybridized carbons (Fsp3) is 0.368. The Morgan fingerprint density at radius 1 is 1.20 bits per heavy atom. The molecule has 1 amide bonds. The molecule has 3 rings (SSSR count). The van der Waals surface area contributed by atoms with Crippen LogP contribution in [-0.2, 0) is 9.53 Å². The van der Waals surface area contributed by atoms with Crippen LogP contribution in [0, 0.1) is 5.92 Å². The summed E-state index contributed by atoms with van der Waals surface area (Å²) in [6, 6.07) is 11.1. The van der Waals surface area contributed by atoms with E-state index in [4.69, 9.17) is 14.2 Å². The normalized spacial score (nSPS) is 17.0. The lowest BCUT2D eigenvalue weighted by molar-refractivity contribution is -0.123. The molecule has 1 aromatic carbocycles. The Hall–Kier alpha value is -2.60. The summed E-state index contributed by atoms with van der Waals surface area (Å²) < 4.78 is 16.0. The second-order valence-electron chi connectivity index (χ2n) is 5.91. The summed E-state index contributed by atoms with van der Waals surface area (Å²) in [4.78, 5) is 16.9. The van der Waals surface area contributed by atoms with Gasteiger partial charge < -0.3 is 19.5 Å². The Labute approximate surface area is 147 Å². The molecule has 1 N–H and O–H groups in total. The van der Waals surface area contributed by atoms with Crippen molar-refractivity contribution in [2.24, 2.45) is 5.92 Å². The number of carbonyl (C=O) groups excluding carboxylic acids is 1. The van der Waals surface area contributed by atoms with Crippen LogP contribution in [0.4, 0.5) is 5.82 Å². The van der Waals surface area contributed by atoms with Gasteiger partial charge in [0.2, 0.25) is 5.91 Å². The van der Waals surface area contributed by atoms with Gasteiger partial charge in [0.05, 0.1) is 32.4 Å². The summed E-state index contributed by atoms with van der Waals surface area (Å²) in [6.45, 7) is 1.20. The van der Waals surface area contributed by atoms with Gasteiger partial charge in [0.25, 0.3) is 0 Å². The highest BCUT2D eigenvalue weighted by atomic mass is 16.5. The lowest BCUT2D eigenvalue weighted by Gasteiger charge is -2.21. The fourth-order valence-corrected chi connectivity index (χ4v) is 2.80. The van der Waals surface area contributed by atoms with Crippen molar-refractivity contribution < 1.29 is 19.0 Å². The van der Waals surface area contributed by atoms with Crippen molar-refractivity contribution in [2.45, 2.75) is 12.8 Å². The van der Waals surface area contributed by atoms with Crippen LogP contribution in [0.25, 0.3) is 11.3 Å². The molecule has 1 atom stereocenters. The van der Waals surface area contributed by atoms with Gasteiger partial charge in [-0.2, -0.15) is 0 Å². The first-order valence-corrected chi connectivity index (χ1v) is 8.28. The quantitative estimate of drug-likeness (QED) is 0.904. The molecule has 1 unspecified atom stereocenters. The molecule has 0 bridgehead atoms. The molecular formula is C19H22N2O4. The maximum Gasteiger partial charge on any atom is 0.230 e. The third-order valence-corrected chi connectivity index (χ3v) is 4.18. The minimum atomic E-state index is -0.115. The highest BCUT2D eigenvalue weighted by molar-refractivity contribution is 5.92. The van der Waals surface area contributed by atoms with Crippen molar-refractivity contribution in [1.82, 2.24) is 4.98 Å². The molecule has 1 aliphatic heterocycles. The smallest absolute Gasteiger partial charge is 0.230 e. The highest BCUT2D eigenvalue weighted by Gasteiger charge is 2.22. The Morgan fingerprint density at radius 3 is 2.60 bits per heavy atom. The zero-order valence-corrected chi connectivity index (χ0v) is 14.5. The minimum absolute atomic E-state index is 0.0485. The molecule has 6 heteroatoms. The van der Waals surface area contributed by atoms with Crippen molar-refractivity contribution in [2.75, 3.05) is 32.8 Å². The number of pyridine rings is 1. The second-order valence-corrected chi connectivity index (χ2v) is 5.91. The SMILES string of the molecule is COc1cc(OC)cc(-c2cccc(NC(=O)C3CCCOC3)n2)c1. The van der Waals surface area contributed by atoms with E-state index in [1.807, 2.05) is 24.3 Å². The number of anilines is 1. The number of amides is 1. The van der Waals surface area contributed by atoms with Crippen molar-refractivity contribution in [3.05, 3.63) is 36.4 Å². The summed E-state index contributed by atoms with van der Waals surface area (Å²) >= 11 is 0. The molecule has 25 heavy (non-hydrogen) atoms. The van der Waals surface area contributed by atoms with Crippen molar-refractivity contribution in [1.29, 1.82) is 0 Å². The Bertz CT molecular complexity index is 720. The third-order valence-electron chi connectivity index (χ3n) is 4.18. The minimum Gasteiger partial charge on any atom is -0.497 e. The predicted molar refractivity (Wildman–Crippen MR) is 94.9 cm³/mol. The van der Waals surface area contributed by atoms with Crippen molar-refractivity contribution in [3.8, 4) is 22.8 Å². The van der Waals surface area contributed by atoms with Crippen LogP contribution in [0.15, 0.2) is 36.4 Å². The summed E-state index contributed by atoms with van der Waals surface area (Å²) in [5.74, 6) is 1.73. The second kappa shape index (κ2) is 7.98. The van der Waals surface area contributed by atoms with Crippen LogP contribution in [0.3, 0.4) is 0 Å². The summed E-state index contributed by atoms with van der Waals surface area (Å²) in [6.07, 6.45) is 1.76. The van der Waals surface area contributed by atoms with Crippen LogP contribution in [0.5, 0.6) is 11.5 Å². The number of carbonyl (C=O) groups is 1. The molecule has 1 aromatic heterocycles. The van der Waals surface area contributed by atoms with Crippen LogP contribution in [0.1, 0.15) is 12.8 Å². The summed E-state index contributed by atoms with van der Waals surface area (Å²) in [5, 5.41) is 2.89. The van der Waals surface area contributed by atoms with Crippen LogP contribution in [0.2, 0.25) is 0 Å². The van der Waals surface area contributed by atoms with E-state index in [9.17, 15) is 4.79 Å².